The molecule has 1 rings (SSSR count). The molecule has 0 saturated carbocycles. The van der Waals surface area contributed by atoms with E-state index in [-0.39, 0.29) is 18.6 Å². The second-order valence-corrected chi connectivity index (χ2v) is 8.99. The highest BCUT2D eigenvalue weighted by Gasteiger charge is 2.28. The van der Waals surface area contributed by atoms with E-state index in [4.69, 9.17) is 14.2 Å². The minimum atomic E-state index is -1.19. The molecule has 0 aromatic carbocycles. The van der Waals surface area contributed by atoms with Gasteiger partial charge in [-0.25, -0.2) is 14.4 Å². The van der Waals surface area contributed by atoms with Gasteiger partial charge >= 0.3 is 18.2 Å². The van der Waals surface area contributed by atoms with Gasteiger partial charge in [-0.15, -0.1) is 0 Å². The molecular weight excluding hydrogens is 368 g/mol. The summed E-state index contributed by atoms with van der Waals surface area (Å²) in [6, 6.07) is -1.18. The van der Waals surface area contributed by atoms with Gasteiger partial charge in [0, 0.05) is 19.7 Å². The first-order chi connectivity index (χ1) is 12.8. The smallest absolute Gasteiger partial charge is 0.410 e. The van der Waals surface area contributed by atoms with Gasteiger partial charge in [0.1, 0.15) is 11.2 Å². The Morgan fingerprint density at radius 1 is 1.04 bits per heavy atom. The van der Waals surface area contributed by atoms with Crippen molar-refractivity contribution in [1.82, 2.24) is 10.2 Å². The minimum absolute atomic E-state index is 0.152. The normalized spacial score (nSPS) is 17.0. The molecule has 2 N–H and O–H groups in total. The minimum Gasteiger partial charge on any atom is -0.480 e. The van der Waals surface area contributed by atoms with Crippen molar-refractivity contribution in [2.75, 3.05) is 26.3 Å². The maximum atomic E-state index is 12.1. The lowest BCUT2D eigenvalue weighted by molar-refractivity contribution is -0.141. The second-order valence-electron chi connectivity index (χ2n) is 8.99. The number of hydrogen-bond donors (Lipinski definition) is 2. The summed E-state index contributed by atoms with van der Waals surface area (Å²) in [5.74, 6) is -0.972. The van der Waals surface area contributed by atoms with Crippen LogP contribution in [0.15, 0.2) is 0 Å². The number of nitrogens with one attached hydrogen (secondary N) is 1. The van der Waals surface area contributed by atoms with Crippen molar-refractivity contribution < 1.29 is 33.7 Å². The summed E-state index contributed by atoms with van der Waals surface area (Å²) in [6.07, 6.45) is 0.376. The Morgan fingerprint density at radius 2 is 1.57 bits per heavy atom. The lowest BCUT2D eigenvalue weighted by Gasteiger charge is -2.33. The van der Waals surface area contributed by atoms with Crippen LogP contribution in [0.5, 0.6) is 0 Å². The van der Waals surface area contributed by atoms with Crippen molar-refractivity contribution in [3.05, 3.63) is 0 Å². The van der Waals surface area contributed by atoms with Crippen LogP contribution in [-0.4, -0.2) is 71.7 Å². The molecule has 0 unspecified atom stereocenters. The van der Waals surface area contributed by atoms with E-state index in [0.29, 0.717) is 19.7 Å². The monoisotopic (exact) mass is 402 g/mol. The molecule has 1 heterocycles. The Labute approximate surface area is 166 Å². The zero-order chi connectivity index (χ0) is 21.5. The van der Waals surface area contributed by atoms with E-state index < -0.39 is 29.3 Å². The zero-order valence-corrected chi connectivity index (χ0v) is 17.7. The van der Waals surface area contributed by atoms with Crippen LogP contribution in [0, 0.1) is 5.92 Å². The molecule has 2 amide bonds. The quantitative estimate of drug-likeness (QED) is 0.702. The van der Waals surface area contributed by atoms with Gasteiger partial charge in [0.05, 0.1) is 6.61 Å². The average molecular weight is 402 g/mol. The Hall–Kier alpha value is -2.03. The first kappa shape index (κ1) is 24.0. The maximum Gasteiger partial charge on any atom is 0.410 e. The lowest BCUT2D eigenvalue weighted by atomic mass is 9.98. The summed E-state index contributed by atoms with van der Waals surface area (Å²) in [6.45, 7) is 11.9. The van der Waals surface area contributed by atoms with Crippen LogP contribution >= 0.6 is 0 Å². The highest BCUT2D eigenvalue weighted by atomic mass is 16.6. The van der Waals surface area contributed by atoms with Crippen LogP contribution in [0.2, 0.25) is 0 Å². The van der Waals surface area contributed by atoms with E-state index >= 15 is 0 Å². The number of hydrogen-bond acceptors (Lipinski definition) is 6. The van der Waals surface area contributed by atoms with Crippen LogP contribution in [0.4, 0.5) is 9.59 Å². The van der Waals surface area contributed by atoms with Crippen LogP contribution in [0.3, 0.4) is 0 Å². The fourth-order valence-corrected chi connectivity index (χ4v) is 2.59. The van der Waals surface area contributed by atoms with Gasteiger partial charge in [0.2, 0.25) is 0 Å². The summed E-state index contributed by atoms with van der Waals surface area (Å²) in [7, 11) is 0. The Morgan fingerprint density at radius 3 is 2.04 bits per heavy atom. The first-order valence-corrected chi connectivity index (χ1v) is 9.55. The number of amides is 2. The topological polar surface area (TPSA) is 114 Å². The van der Waals surface area contributed by atoms with E-state index in [1.807, 2.05) is 20.8 Å². The molecule has 162 valence electrons. The Bertz CT molecular complexity index is 543. The third-order valence-corrected chi connectivity index (χ3v) is 3.89. The van der Waals surface area contributed by atoms with Crippen molar-refractivity contribution in [3.63, 3.8) is 0 Å². The lowest BCUT2D eigenvalue weighted by Crippen LogP contribution is -2.46. The summed E-state index contributed by atoms with van der Waals surface area (Å²) in [5.41, 5.74) is -1.24. The van der Waals surface area contributed by atoms with Crippen LogP contribution < -0.4 is 5.32 Å². The molecule has 0 spiro atoms. The molecule has 0 bridgehead atoms. The van der Waals surface area contributed by atoms with Crippen molar-refractivity contribution in [1.29, 1.82) is 0 Å². The van der Waals surface area contributed by atoms with E-state index in [2.05, 4.69) is 5.32 Å². The molecule has 9 nitrogen and oxygen atoms in total. The SMILES string of the molecule is CC(C)(C)OC(=O)N[C@@H](COCC1CCN(C(=O)OC(C)(C)C)CC1)C(=O)O. The molecule has 1 aliphatic rings. The molecule has 9 heteroatoms. The van der Waals surface area contributed by atoms with Crippen molar-refractivity contribution in [2.45, 2.75) is 71.6 Å². The van der Waals surface area contributed by atoms with E-state index in [1.165, 1.54) is 0 Å². The summed E-state index contributed by atoms with van der Waals surface area (Å²) in [4.78, 5) is 36.8. The molecule has 0 aliphatic carbocycles. The summed E-state index contributed by atoms with van der Waals surface area (Å²) in [5, 5.41) is 11.5. The molecule has 0 aromatic heterocycles. The number of carboxylic acids is 1. The maximum absolute atomic E-state index is 12.1. The van der Waals surface area contributed by atoms with Gasteiger partial charge in [-0.2, -0.15) is 0 Å². The van der Waals surface area contributed by atoms with Gasteiger partial charge in [0.15, 0.2) is 6.04 Å². The van der Waals surface area contributed by atoms with Crippen LogP contribution in [0.25, 0.3) is 0 Å². The standard InChI is InChI=1S/C19H34N2O7/c1-18(2,3)27-16(24)20-14(15(22)23)12-26-11-13-7-9-21(10-8-13)17(25)28-19(4,5)6/h13-14H,7-12H2,1-6H3,(H,20,24)(H,22,23)/t14-/m0/s1. The van der Waals surface area contributed by atoms with Crippen molar-refractivity contribution >= 4 is 18.2 Å². The predicted molar refractivity (Wildman–Crippen MR) is 102 cm³/mol. The highest BCUT2D eigenvalue weighted by molar-refractivity contribution is 5.80. The number of carbonyl (C=O) groups excluding carboxylic acids is 2. The molecule has 0 radical (unpaired) electrons. The first-order valence-electron chi connectivity index (χ1n) is 9.55. The second kappa shape index (κ2) is 9.95. The van der Waals surface area contributed by atoms with Gasteiger partial charge in [0.25, 0.3) is 0 Å². The molecular formula is C19H34N2O7. The van der Waals surface area contributed by atoms with E-state index in [1.54, 1.807) is 25.7 Å². The van der Waals surface area contributed by atoms with E-state index in [9.17, 15) is 19.5 Å². The Balaban J connectivity index is 2.35. The number of carboxylic acid groups (broad SMARTS) is 1. The number of nitrogens with zero attached hydrogens (tertiary/aromatic N) is 1. The Kier molecular flexibility index (Phi) is 8.53. The average Bonchev–Trinajstić information content (AvgIpc) is 2.51. The number of ether oxygens (including phenoxy) is 3. The van der Waals surface area contributed by atoms with Crippen LogP contribution in [-0.2, 0) is 19.0 Å². The molecule has 28 heavy (non-hydrogen) atoms. The molecule has 1 aliphatic heterocycles. The summed E-state index contributed by atoms with van der Waals surface area (Å²) >= 11 is 0. The predicted octanol–water partition coefficient (Wildman–Crippen LogP) is 2.63. The number of piperidine rings is 1. The van der Waals surface area contributed by atoms with Gasteiger partial charge in [-0.05, 0) is 60.3 Å². The van der Waals surface area contributed by atoms with E-state index in [0.717, 1.165) is 12.8 Å². The fraction of sp³-hybridized carbons (Fsp3) is 0.842. The number of rotatable bonds is 6. The van der Waals surface area contributed by atoms with Gasteiger partial charge in [-0.1, -0.05) is 0 Å². The zero-order valence-electron chi connectivity index (χ0n) is 17.7. The fourth-order valence-electron chi connectivity index (χ4n) is 2.59. The highest BCUT2D eigenvalue weighted by Crippen LogP contribution is 2.20. The summed E-state index contributed by atoms with van der Waals surface area (Å²) < 4.78 is 15.9. The molecule has 1 saturated heterocycles. The van der Waals surface area contributed by atoms with Crippen LogP contribution in [0.1, 0.15) is 54.4 Å². The van der Waals surface area contributed by atoms with Crippen molar-refractivity contribution in [3.8, 4) is 0 Å². The molecule has 1 atom stereocenters. The number of alkyl carbamates (subject to hydrolysis) is 1. The number of likely N-dealkylation sites (tertiary alicyclic amines) is 1. The third kappa shape index (κ3) is 9.77. The van der Waals surface area contributed by atoms with Gasteiger partial charge in [-0.3, -0.25) is 0 Å². The largest absolute Gasteiger partial charge is 0.480 e. The van der Waals surface area contributed by atoms with Crippen molar-refractivity contribution in [2.24, 2.45) is 5.92 Å². The molecule has 0 aromatic rings. The number of aliphatic carboxylic acids is 1. The van der Waals surface area contributed by atoms with Gasteiger partial charge < -0.3 is 29.5 Å². The third-order valence-electron chi connectivity index (χ3n) is 3.89. The molecule has 1 fully saturated rings. The number of carbonyl (C=O) groups is 3.